The van der Waals surface area contributed by atoms with Crippen molar-refractivity contribution in [1.29, 1.82) is 0 Å². The predicted octanol–water partition coefficient (Wildman–Crippen LogP) is 5.19. The highest BCUT2D eigenvalue weighted by Crippen LogP contribution is 2.38. The fourth-order valence-corrected chi connectivity index (χ4v) is 9.73. The second kappa shape index (κ2) is 17.2. The summed E-state index contributed by atoms with van der Waals surface area (Å²) in [5, 5.41) is 3.79. The summed E-state index contributed by atoms with van der Waals surface area (Å²) < 4.78 is 45.7. The zero-order valence-electron chi connectivity index (χ0n) is 32.3. The molecular weight excluding hydrogens is 833 g/mol. The maximum atomic E-state index is 14.8. The molecule has 0 spiro atoms. The van der Waals surface area contributed by atoms with Crippen molar-refractivity contribution < 1.29 is 46.5 Å². The van der Waals surface area contributed by atoms with E-state index >= 15 is 0 Å². The third kappa shape index (κ3) is 8.80. The summed E-state index contributed by atoms with van der Waals surface area (Å²) in [4.78, 5) is 77.7. The predicted molar refractivity (Wildman–Crippen MR) is 222 cm³/mol. The molecule has 2 aliphatic rings. The van der Waals surface area contributed by atoms with E-state index in [1.807, 2.05) is 30.3 Å². The lowest BCUT2D eigenvalue weighted by molar-refractivity contribution is -0.205. The van der Waals surface area contributed by atoms with Crippen LogP contribution in [0.5, 0.6) is 5.75 Å². The van der Waals surface area contributed by atoms with Gasteiger partial charge in [-0.15, -0.1) is 6.58 Å². The van der Waals surface area contributed by atoms with Gasteiger partial charge in [0.1, 0.15) is 18.0 Å². The lowest BCUT2D eigenvalue weighted by Crippen LogP contribution is -2.75. The van der Waals surface area contributed by atoms with Gasteiger partial charge in [-0.1, -0.05) is 78.3 Å². The number of hydrogen-bond acceptors (Lipinski definition) is 9. The number of nitrogens with zero attached hydrogens (tertiary/aromatic N) is 5. The number of para-hydroxylation sites is 1. The third-order valence-corrected chi connectivity index (χ3v) is 12.8. The van der Waals surface area contributed by atoms with E-state index in [0.29, 0.717) is 28.0 Å². The Bertz CT molecular complexity index is 2630. The summed E-state index contributed by atoms with van der Waals surface area (Å²) in [6.07, 6.45) is 2.29. The number of rotatable bonds is 14. The molecular formula is C42H41ClN5O10PS. The number of Topliss-reactive ketones (excluding diaryl/α,β-unsaturated/α-hetero) is 1. The van der Waals surface area contributed by atoms with E-state index in [4.69, 9.17) is 16.1 Å². The van der Waals surface area contributed by atoms with Crippen molar-refractivity contribution in [2.75, 3.05) is 19.6 Å². The number of benzene rings is 4. The number of aryl methyl sites for hydroxylation is 1. The number of fused-ring (bicyclic) bond motifs is 2. The van der Waals surface area contributed by atoms with E-state index in [9.17, 15) is 41.9 Å². The number of carbonyl (C=O) groups is 4. The van der Waals surface area contributed by atoms with Crippen LogP contribution in [0.3, 0.4) is 0 Å². The molecule has 3 heterocycles. The largest absolute Gasteiger partial charge is 0.524 e. The van der Waals surface area contributed by atoms with E-state index in [1.165, 1.54) is 76.5 Å². The quantitative estimate of drug-likeness (QED) is 0.0850. The summed E-state index contributed by atoms with van der Waals surface area (Å²) in [6.45, 7) is 4.77. The van der Waals surface area contributed by atoms with Gasteiger partial charge < -0.3 is 14.3 Å². The Morgan fingerprint density at radius 2 is 1.65 bits per heavy atom. The topological polar surface area (TPSA) is 187 Å². The normalized spacial score (nSPS) is 17.5. The second-order valence-corrected chi connectivity index (χ2v) is 17.9. The minimum absolute atomic E-state index is 0.0543. The molecule has 4 aromatic carbocycles. The molecule has 60 heavy (non-hydrogen) atoms. The van der Waals surface area contributed by atoms with Crippen LogP contribution in [0.1, 0.15) is 40.4 Å². The smallest absolute Gasteiger partial charge is 0.404 e. The Kier molecular flexibility index (Phi) is 12.2. The van der Waals surface area contributed by atoms with Crippen molar-refractivity contribution in [3.63, 3.8) is 0 Å². The van der Waals surface area contributed by atoms with Crippen molar-refractivity contribution in [1.82, 2.24) is 23.8 Å². The SMILES string of the molecule is C=CCN1CC(=O)N2[C@@H](Cc3ccc(OP(=O)(O)O)cc3)C(=O)N(Cc3cccc4c(C(C)=O)cn(S(=O)(=O)c5ccc(Cl)cc5)c34)C[C@@H]2N1C(=O)CCc1ccccc1. The van der Waals surface area contributed by atoms with Crippen LogP contribution in [0, 0.1) is 0 Å². The Morgan fingerprint density at radius 1 is 0.950 bits per heavy atom. The molecule has 5 aromatic rings. The zero-order valence-corrected chi connectivity index (χ0v) is 34.8. The molecule has 2 aliphatic heterocycles. The van der Waals surface area contributed by atoms with Crippen LogP contribution in [0.4, 0.5) is 0 Å². The molecule has 1 aromatic heterocycles. The van der Waals surface area contributed by atoms with E-state index in [2.05, 4.69) is 6.58 Å². The summed E-state index contributed by atoms with van der Waals surface area (Å²) in [5.41, 5.74) is 2.16. The van der Waals surface area contributed by atoms with Gasteiger partial charge in [-0.05, 0) is 66.4 Å². The maximum Gasteiger partial charge on any atom is 0.524 e. The molecule has 312 valence electrons. The molecule has 2 fully saturated rings. The first-order valence-corrected chi connectivity index (χ1v) is 22.2. The number of carbonyl (C=O) groups excluding carboxylic acids is 4. The molecule has 2 saturated heterocycles. The van der Waals surface area contributed by atoms with Crippen molar-refractivity contribution in [2.24, 2.45) is 0 Å². The van der Waals surface area contributed by atoms with Crippen molar-refractivity contribution >= 4 is 63.9 Å². The Labute approximate surface area is 351 Å². The van der Waals surface area contributed by atoms with Crippen LogP contribution in [0.25, 0.3) is 10.9 Å². The molecule has 0 saturated carbocycles. The summed E-state index contributed by atoms with van der Waals surface area (Å²) in [5.74, 6) is -1.69. The van der Waals surface area contributed by atoms with Gasteiger partial charge in [0.05, 0.1) is 23.5 Å². The molecule has 0 aliphatic carbocycles. The standard InChI is InChI=1S/C42H41ClN5O10PS/c1-3-22-45-27-40(51)47-37(23-30-12-17-33(18-13-30)58-59(53,54)55)42(52)44(26-38(47)48(45)39(50)21-14-29-8-5-4-6-9-29)24-31-10-7-11-35-36(28(2)49)25-46(41(31)35)60(56,57)34-19-15-32(43)16-20-34/h3-13,15-20,25,37-38H,1,14,21-24,26-27H2,2H3,(H2,53,54,55)/t37-,38-/m0/s1. The number of phosphoric ester groups is 1. The lowest BCUT2D eigenvalue weighted by atomic mass is 9.97. The highest BCUT2D eigenvalue weighted by atomic mass is 35.5. The molecule has 3 amide bonds. The molecule has 2 atom stereocenters. The summed E-state index contributed by atoms with van der Waals surface area (Å²) in [6, 6.07) is 24.6. The molecule has 0 radical (unpaired) electrons. The van der Waals surface area contributed by atoms with Crippen molar-refractivity contribution in [3.05, 3.63) is 143 Å². The second-order valence-electron chi connectivity index (χ2n) is 14.5. The van der Waals surface area contributed by atoms with Gasteiger partial charge in [0, 0.05) is 48.1 Å². The fourth-order valence-electron chi connectivity index (χ4n) is 7.80. The Balaban J connectivity index is 1.32. The minimum atomic E-state index is -4.85. The maximum absolute atomic E-state index is 14.8. The number of phosphoric acid groups is 1. The highest BCUT2D eigenvalue weighted by Gasteiger charge is 2.51. The number of aromatic nitrogens is 1. The number of ketones is 1. The Morgan fingerprint density at radius 3 is 2.30 bits per heavy atom. The minimum Gasteiger partial charge on any atom is -0.404 e. The van der Waals surface area contributed by atoms with Crippen LogP contribution in [-0.2, 0) is 48.4 Å². The highest BCUT2D eigenvalue weighted by molar-refractivity contribution is 7.90. The van der Waals surface area contributed by atoms with Gasteiger partial charge in [-0.3, -0.25) is 29.0 Å². The van der Waals surface area contributed by atoms with Crippen LogP contribution < -0.4 is 4.52 Å². The summed E-state index contributed by atoms with van der Waals surface area (Å²) >= 11 is 6.07. The van der Waals surface area contributed by atoms with Gasteiger partial charge in [-0.25, -0.2) is 27.0 Å². The van der Waals surface area contributed by atoms with Gasteiger partial charge in [0.25, 0.3) is 10.0 Å². The van der Waals surface area contributed by atoms with Gasteiger partial charge in [0.2, 0.25) is 17.7 Å². The summed E-state index contributed by atoms with van der Waals surface area (Å²) in [7, 11) is -9.16. The number of hydrazine groups is 1. The monoisotopic (exact) mass is 873 g/mol. The third-order valence-electron chi connectivity index (χ3n) is 10.5. The van der Waals surface area contributed by atoms with Crippen LogP contribution >= 0.6 is 19.4 Å². The van der Waals surface area contributed by atoms with E-state index in [-0.39, 0.29) is 72.4 Å². The van der Waals surface area contributed by atoms with Crippen LogP contribution in [0.2, 0.25) is 5.02 Å². The van der Waals surface area contributed by atoms with Crippen LogP contribution in [0.15, 0.2) is 121 Å². The average molecular weight is 874 g/mol. The van der Waals surface area contributed by atoms with E-state index in [0.717, 1.165) is 9.54 Å². The van der Waals surface area contributed by atoms with E-state index < -0.39 is 41.9 Å². The zero-order chi connectivity index (χ0) is 42.9. The first kappa shape index (κ1) is 42.5. The lowest BCUT2D eigenvalue weighted by Gasteiger charge is -2.55. The van der Waals surface area contributed by atoms with Crippen molar-refractivity contribution in [2.45, 2.75) is 49.8 Å². The first-order valence-electron chi connectivity index (χ1n) is 18.9. The molecule has 15 nitrogen and oxygen atoms in total. The number of hydrogen-bond donors (Lipinski definition) is 2. The van der Waals surface area contributed by atoms with Crippen LogP contribution in [-0.4, -0.2) is 97.3 Å². The number of amides is 3. The number of piperazine rings is 1. The fraction of sp³-hybridized carbons (Fsp3) is 0.238. The van der Waals surface area contributed by atoms with Gasteiger partial charge >= 0.3 is 7.82 Å². The van der Waals surface area contributed by atoms with E-state index in [1.54, 1.807) is 29.3 Å². The van der Waals surface area contributed by atoms with Gasteiger partial charge in [-0.2, -0.15) is 0 Å². The molecule has 18 heteroatoms. The van der Waals surface area contributed by atoms with Crippen molar-refractivity contribution in [3.8, 4) is 5.75 Å². The molecule has 2 N–H and O–H groups in total. The molecule has 0 bridgehead atoms. The average Bonchev–Trinajstić information content (AvgIpc) is 3.62. The van der Waals surface area contributed by atoms with Gasteiger partial charge in [0.15, 0.2) is 5.78 Å². The molecule has 7 rings (SSSR count). The first-order chi connectivity index (χ1) is 28.5. The molecule has 0 unspecified atom stereocenters. The Hall–Kier alpha value is -5.61. The number of halogens is 1.